The van der Waals surface area contributed by atoms with Crippen molar-refractivity contribution in [2.24, 2.45) is 0 Å². The summed E-state index contributed by atoms with van der Waals surface area (Å²) in [5, 5.41) is 3.06. The van der Waals surface area contributed by atoms with Gasteiger partial charge in [0.1, 0.15) is 0 Å². The standard InChI is InChI=1S/C23H29N3O2/c27-23(18-26-12-4-7-22(26)17-19-5-2-1-3-6-19)24-20-8-10-21(11-9-20)25-13-15-28-16-14-25/h1-3,5-6,8-11,22H,4,7,12-18H2,(H,24,27)/t22-/m1/s1. The minimum Gasteiger partial charge on any atom is -0.378 e. The number of carbonyl (C=O) groups excluding carboxylic acids is 1. The first kappa shape index (κ1) is 19.0. The Morgan fingerprint density at radius 3 is 2.50 bits per heavy atom. The topological polar surface area (TPSA) is 44.8 Å². The number of benzene rings is 2. The predicted octanol–water partition coefficient (Wildman–Crippen LogP) is 3.17. The molecule has 0 saturated carbocycles. The van der Waals surface area contributed by atoms with E-state index < -0.39 is 0 Å². The summed E-state index contributed by atoms with van der Waals surface area (Å²) in [4.78, 5) is 17.2. The van der Waals surface area contributed by atoms with Crippen LogP contribution >= 0.6 is 0 Å². The summed E-state index contributed by atoms with van der Waals surface area (Å²) in [7, 11) is 0. The van der Waals surface area contributed by atoms with Crippen LogP contribution in [0.2, 0.25) is 0 Å². The minimum absolute atomic E-state index is 0.0686. The molecular weight excluding hydrogens is 350 g/mol. The number of amides is 1. The molecule has 28 heavy (non-hydrogen) atoms. The van der Waals surface area contributed by atoms with E-state index in [9.17, 15) is 4.79 Å². The zero-order chi connectivity index (χ0) is 19.2. The highest BCUT2D eigenvalue weighted by Gasteiger charge is 2.26. The Kier molecular flexibility index (Phi) is 6.24. The summed E-state index contributed by atoms with van der Waals surface area (Å²) in [5.74, 6) is 0.0686. The van der Waals surface area contributed by atoms with E-state index in [-0.39, 0.29) is 5.91 Å². The van der Waals surface area contributed by atoms with Gasteiger partial charge in [-0.15, -0.1) is 0 Å². The minimum atomic E-state index is 0.0686. The van der Waals surface area contributed by atoms with E-state index in [2.05, 4.69) is 51.5 Å². The van der Waals surface area contributed by atoms with Crippen LogP contribution in [0.5, 0.6) is 0 Å². The van der Waals surface area contributed by atoms with Gasteiger partial charge in [0.05, 0.1) is 19.8 Å². The maximum atomic E-state index is 12.6. The molecule has 0 radical (unpaired) electrons. The number of hydrogen-bond donors (Lipinski definition) is 1. The van der Waals surface area contributed by atoms with Crippen molar-refractivity contribution in [1.82, 2.24) is 4.90 Å². The summed E-state index contributed by atoms with van der Waals surface area (Å²) in [6.45, 7) is 4.85. The van der Waals surface area contributed by atoms with Gasteiger partial charge in [-0.2, -0.15) is 0 Å². The fraction of sp³-hybridized carbons (Fsp3) is 0.435. The van der Waals surface area contributed by atoms with Crippen LogP contribution in [-0.4, -0.2) is 56.2 Å². The normalized spacial score (nSPS) is 20.3. The van der Waals surface area contributed by atoms with Crippen molar-refractivity contribution in [3.8, 4) is 0 Å². The maximum absolute atomic E-state index is 12.6. The second-order valence-electron chi connectivity index (χ2n) is 7.65. The number of nitrogens with one attached hydrogen (secondary N) is 1. The Morgan fingerprint density at radius 1 is 1.00 bits per heavy atom. The van der Waals surface area contributed by atoms with Crippen LogP contribution in [0.4, 0.5) is 11.4 Å². The molecule has 148 valence electrons. The molecule has 4 rings (SSSR count). The summed E-state index contributed by atoms with van der Waals surface area (Å²) in [6, 6.07) is 19.2. The van der Waals surface area contributed by atoms with Crippen molar-refractivity contribution in [1.29, 1.82) is 0 Å². The van der Waals surface area contributed by atoms with E-state index in [1.165, 1.54) is 17.7 Å². The highest BCUT2D eigenvalue weighted by Crippen LogP contribution is 2.22. The van der Waals surface area contributed by atoms with Crippen molar-refractivity contribution < 1.29 is 9.53 Å². The smallest absolute Gasteiger partial charge is 0.238 e. The summed E-state index contributed by atoms with van der Waals surface area (Å²) in [6.07, 6.45) is 3.35. The average molecular weight is 380 g/mol. The molecule has 1 amide bonds. The average Bonchev–Trinajstić information content (AvgIpc) is 3.16. The lowest BCUT2D eigenvalue weighted by atomic mass is 10.0. The van der Waals surface area contributed by atoms with Gasteiger partial charge in [0.2, 0.25) is 5.91 Å². The largest absolute Gasteiger partial charge is 0.378 e. The first-order valence-corrected chi connectivity index (χ1v) is 10.3. The highest BCUT2D eigenvalue weighted by molar-refractivity contribution is 5.92. The molecule has 2 fully saturated rings. The molecule has 2 aliphatic rings. The fourth-order valence-electron chi connectivity index (χ4n) is 4.18. The Balaban J connectivity index is 1.29. The molecule has 2 aromatic carbocycles. The molecule has 5 nitrogen and oxygen atoms in total. The van der Waals surface area contributed by atoms with Gasteiger partial charge < -0.3 is 15.0 Å². The van der Waals surface area contributed by atoms with Crippen molar-refractivity contribution in [3.63, 3.8) is 0 Å². The van der Waals surface area contributed by atoms with Gasteiger partial charge in [0.25, 0.3) is 0 Å². The molecule has 5 heteroatoms. The quantitative estimate of drug-likeness (QED) is 0.837. The first-order chi connectivity index (χ1) is 13.8. The molecule has 2 heterocycles. The van der Waals surface area contributed by atoms with Crippen LogP contribution in [0, 0.1) is 0 Å². The Morgan fingerprint density at radius 2 is 1.75 bits per heavy atom. The van der Waals surface area contributed by atoms with Crippen LogP contribution in [0.25, 0.3) is 0 Å². The third kappa shape index (κ3) is 4.91. The number of rotatable bonds is 6. The van der Waals surface area contributed by atoms with E-state index in [4.69, 9.17) is 4.74 Å². The maximum Gasteiger partial charge on any atom is 0.238 e. The van der Waals surface area contributed by atoms with Crippen molar-refractivity contribution in [2.45, 2.75) is 25.3 Å². The third-order valence-electron chi connectivity index (χ3n) is 5.69. The summed E-state index contributed by atoms with van der Waals surface area (Å²) >= 11 is 0. The monoisotopic (exact) mass is 379 g/mol. The third-order valence-corrected chi connectivity index (χ3v) is 5.69. The summed E-state index contributed by atoms with van der Waals surface area (Å²) < 4.78 is 5.40. The molecule has 0 bridgehead atoms. The van der Waals surface area contributed by atoms with E-state index in [0.29, 0.717) is 12.6 Å². The molecule has 0 unspecified atom stereocenters. The van der Waals surface area contributed by atoms with E-state index in [0.717, 1.165) is 51.4 Å². The molecule has 1 atom stereocenters. The van der Waals surface area contributed by atoms with Gasteiger partial charge in [-0.3, -0.25) is 9.69 Å². The molecule has 1 N–H and O–H groups in total. The van der Waals surface area contributed by atoms with Gasteiger partial charge in [0, 0.05) is 30.5 Å². The van der Waals surface area contributed by atoms with E-state index >= 15 is 0 Å². The number of likely N-dealkylation sites (tertiary alicyclic amines) is 1. The van der Waals surface area contributed by atoms with Crippen LogP contribution in [0.1, 0.15) is 18.4 Å². The molecule has 0 aromatic heterocycles. The second kappa shape index (κ2) is 9.22. The zero-order valence-corrected chi connectivity index (χ0v) is 16.3. The number of carbonyl (C=O) groups is 1. The lowest BCUT2D eigenvalue weighted by Crippen LogP contribution is -2.38. The van der Waals surface area contributed by atoms with Crippen LogP contribution in [-0.2, 0) is 16.0 Å². The number of ether oxygens (including phenoxy) is 1. The lowest BCUT2D eigenvalue weighted by Gasteiger charge is -2.29. The lowest BCUT2D eigenvalue weighted by molar-refractivity contribution is -0.117. The van der Waals surface area contributed by atoms with Gasteiger partial charge in [-0.05, 0) is 55.6 Å². The van der Waals surface area contributed by atoms with Crippen LogP contribution in [0.15, 0.2) is 54.6 Å². The van der Waals surface area contributed by atoms with Crippen LogP contribution < -0.4 is 10.2 Å². The molecule has 2 saturated heterocycles. The van der Waals surface area contributed by atoms with Gasteiger partial charge in [-0.25, -0.2) is 0 Å². The first-order valence-electron chi connectivity index (χ1n) is 10.3. The van der Waals surface area contributed by atoms with Crippen molar-refractivity contribution >= 4 is 17.3 Å². The Hall–Kier alpha value is -2.37. The van der Waals surface area contributed by atoms with Crippen LogP contribution in [0.3, 0.4) is 0 Å². The number of morpholine rings is 1. The van der Waals surface area contributed by atoms with Gasteiger partial charge in [-0.1, -0.05) is 30.3 Å². The Labute approximate surface area is 167 Å². The molecule has 2 aromatic rings. The molecule has 0 aliphatic carbocycles. The Bertz CT molecular complexity index is 757. The van der Waals surface area contributed by atoms with Gasteiger partial charge >= 0.3 is 0 Å². The molecule has 2 aliphatic heterocycles. The number of anilines is 2. The predicted molar refractivity (Wildman–Crippen MR) is 113 cm³/mol. The molecule has 0 spiro atoms. The number of hydrogen-bond acceptors (Lipinski definition) is 4. The molecular formula is C23H29N3O2. The summed E-state index contributed by atoms with van der Waals surface area (Å²) in [5.41, 5.74) is 3.39. The van der Waals surface area contributed by atoms with E-state index in [1.54, 1.807) is 0 Å². The van der Waals surface area contributed by atoms with Crippen molar-refractivity contribution in [2.75, 3.05) is 49.6 Å². The second-order valence-corrected chi connectivity index (χ2v) is 7.65. The number of nitrogens with zero attached hydrogens (tertiary/aromatic N) is 2. The fourth-order valence-corrected chi connectivity index (χ4v) is 4.18. The SMILES string of the molecule is O=C(CN1CCC[C@@H]1Cc1ccccc1)Nc1ccc(N2CCOCC2)cc1. The van der Waals surface area contributed by atoms with Crippen molar-refractivity contribution in [3.05, 3.63) is 60.2 Å². The van der Waals surface area contributed by atoms with E-state index in [1.807, 2.05) is 18.2 Å². The van der Waals surface area contributed by atoms with Gasteiger partial charge in [0.15, 0.2) is 0 Å². The highest BCUT2D eigenvalue weighted by atomic mass is 16.5. The zero-order valence-electron chi connectivity index (χ0n) is 16.3.